The Labute approximate surface area is 188 Å². The van der Waals surface area contributed by atoms with E-state index < -0.39 is 11.9 Å². The van der Waals surface area contributed by atoms with Crippen molar-refractivity contribution >= 4 is 11.6 Å². The first-order valence-corrected chi connectivity index (χ1v) is 10.5. The second kappa shape index (κ2) is 9.53. The van der Waals surface area contributed by atoms with E-state index in [-0.39, 0.29) is 17.5 Å². The first kappa shape index (κ1) is 22.0. The highest BCUT2D eigenvalue weighted by molar-refractivity contribution is 6.32. The molecule has 1 aromatic heterocycles. The molecule has 32 heavy (non-hydrogen) atoms. The van der Waals surface area contributed by atoms with Crippen LogP contribution in [0.25, 0.3) is 5.69 Å². The maximum Gasteiger partial charge on any atom is 0.435 e. The zero-order chi connectivity index (χ0) is 22.6. The first-order valence-electron chi connectivity index (χ1n) is 10.1. The molecule has 1 aliphatic rings. The van der Waals surface area contributed by atoms with Crippen molar-refractivity contribution in [2.75, 3.05) is 6.61 Å². The Morgan fingerprint density at radius 1 is 1.03 bits per heavy atom. The van der Waals surface area contributed by atoms with E-state index >= 15 is 0 Å². The maximum absolute atomic E-state index is 13.2. The monoisotopic (exact) mass is 460 g/mol. The van der Waals surface area contributed by atoms with Crippen molar-refractivity contribution in [1.82, 2.24) is 9.78 Å². The molecule has 0 unspecified atom stereocenters. The van der Waals surface area contributed by atoms with Crippen molar-refractivity contribution in [3.05, 3.63) is 94.9 Å². The molecular formula is C24H20ClF3N2O2. The zero-order valence-corrected chi connectivity index (χ0v) is 17.7. The highest BCUT2D eigenvalue weighted by Gasteiger charge is 2.35. The lowest BCUT2D eigenvalue weighted by molar-refractivity contribution is -0.141. The summed E-state index contributed by atoms with van der Waals surface area (Å²) in [6.07, 6.45) is 3.94. The summed E-state index contributed by atoms with van der Waals surface area (Å²) < 4.78 is 52.2. The lowest BCUT2D eigenvalue weighted by Gasteiger charge is -2.11. The Morgan fingerprint density at radius 3 is 2.50 bits per heavy atom. The van der Waals surface area contributed by atoms with Gasteiger partial charge in [-0.3, -0.25) is 0 Å². The SMILES string of the molecule is FC(F)(F)c1cc(OCCc2ccc(OC3=CCCC=C3)cc2)n(-c2ccccc2Cl)n1. The molecule has 3 aromatic rings. The van der Waals surface area contributed by atoms with E-state index in [0.717, 1.165) is 40.7 Å². The van der Waals surface area contributed by atoms with E-state index in [4.69, 9.17) is 21.1 Å². The molecule has 0 bridgehead atoms. The fourth-order valence-corrected chi connectivity index (χ4v) is 3.42. The minimum Gasteiger partial charge on any atom is -0.477 e. The van der Waals surface area contributed by atoms with E-state index in [1.807, 2.05) is 36.4 Å². The minimum atomic E-state index is -4.59. The van der Waals surface area contributed by atoms with Crippen LogP contribution in [-0.2, 0) is 12.6 Å². The first-order chi connectivity index (χ1) is 15.4. The number of aromatic nitrogens is 2. The molecule has 1 aliphatic carbocycles. The number of allylic oxidation sites excluding steroid dienone is 3. The molecule has 0 saturated heterocycles. The lowest BCUT2D eigenvalue weighted by atomic mass is 10.1. The van der Waals surface area contributed by atoms with Crippen molar-refractivity contribution in [3.63, 3.8) is 0 Å². The number of hydrogen-bond acceptors (Lipinski definition) is 3. The van der Waals surface area contributed by atoms with Gasteiger partial charge in [-0.15, -0.1) is 0 Å². The van der Waals surface area contributed by atoms with E-state index in [1.54, 1.807) is 24.3 Å². The summed E-state index contributed by atoms with van der Waals surface area (Å²) in [6.45, 7) is 0.168. The van der Waals surface area contributed by atoms with Gasteiger partial charge in [-0.2, -0.15) is 23.0 Å². The third-order valence-electron chi connectivity index (χ3n) is 4.81. The molecule has 0 atom stereocenters. The van der Waals surface area contributed by atoms with Crippen LogP contribution < -0.4 is 9.47 Å². The molecule has 0 fully saturated rings. The molecule has 2 aromatic carbocycles. The molecule has 0 aliphatic heterocycles. The van der Waals surface area contributed by atoms with Gasteiger partial charge in [0.2, 0.25) is 5.88 Å². The van der Waals surface area contributed by atoms with Crippen LogP contribution >= 0.6 is 11.6 Å². The molecule has 0 saturated carbocycles. The predicted molar refractivity (Wildman–Crippen MR) is 116 cm³/mol. The largest absolute Gasteiger partial charge is 0.477 e. The van der Waals surface area contributed by atoms with Gasteiger partial charge in [-0.1, -0.05) is 41.9 Å². The van der Waals surface area contributed by atoms with Crippen molar-refractivity contribution in [1.29, 1.82) is 0 Å². The number of hydrogen-bond donors (Lipinski definition) is 0. The van der Waals surface area contributed by atoms with Gasteiger partial charge in [-0.25, -0.2) is 0 Å². The van der Waals surface area contributed by atoms with Crippen LogP contribution in [0, 0.1) is 0 Å². The zero-order valence-electron chi connectivity index (χ0n) is 17.0. The van der Waals surface area contributed by atoms with Gasteiger partial charge in [0, 0.05) is 12.5 Å². The van der Waals surface area contributed by atoms with E-state index in [1.165, 1.54) is 0 Å². The molecular weight excluding hydrogens is 441 g/mol. The molecule has 0 N–H and O–H groups in total. The molecule has 0 radical (unpaired) electrons. The van der Waals surface area contributed by atoms with Crippen LogP contribution in [0.2, 0.25) is 5.02 Å². The Hall–Kier alpha value is -3.19. The van der Waals surface area contributed by atoms with Gasteiger partial charge in [0.05, 0.1) is 17.3 Å². The topological polar surface area (TPSA) is 36.3 Å². The second-order valence-corrected chi connectivity index (χ2v) is 7.57. The Kier molecular flexibility index (Phi) is 6.55. The number of rotatable bonds is 7. The number of halogens is 4. The number of nitrogens with zero attached hydrogens (tertiary/aromatic N) is 2. The molecule has 4 nitrogen and oxygen atoms in total. The molecule has 0 spiro atoms. The van der Waals surface area contributed by atoms with Crippen molar-refractivity contribution in [2.45, 2.75) is 25.4 Å². The Bertz CT molecular complexity index is 1130. The smallest absolute Gasteiger partial charge is 0.435 e. The number of ether oxygens (including phenoxy) is 2. The summed E-state index contributed by atoms with van der Waals surface area (Å²) in [7, 11) is 0. The van der Waals surface area contributed by atoms with Crippen LogP contribution in [0.4, 0.5) is 13.2 Å². The number of para-hydroxylation sites is 1. The summed E-state index contributed by atoms with van der Waals surface area (Å²) in [5, 5.41) is 3.93. The quantitative estimate of drug-likeness (QED) is 0.390. The van der Waals surface area contributed by atoms with Crippen molar-refractivity contribution in [2.24, 2.45) is 0 Å². The molecule has 8 heteroatoms. The molecule has 0 amide bonds. The highest BCUT2D eigenvalue weighted by Crippen LogP contribution is 2.33. The molecule has 4 rings (SSSR count). The van der Waals surface area contributed by atoms with Crippen LogP contribution in [0.5, 0.6) is 11.6 Å². The predicted octanol–water partition coefficient (Wildman–Crippen LogP) is 6.78. The van der Waals surface area contributed by atoms with Crippen LogP contribution in [0.3, 0.4) is 0 Å². The standard InChI is InChI=1S/C24H20ClF3N2O2/c25-20-8-4-5-9-21(20)30-23(16-22(29-30)24(26,27)28)31-15-14-17-10-12-19(13-11-17)32-18-6-2-1-3-7-18/h2,4-13,16H,1,3,14-15H2. The maximum atomic E-state index is 13.2. The van der Waals surface area contributed by atoms with Gasteiger partial charge in [0.1, 0.15) is 11.5 Å². The summed E-state index contributed by atoms with van der Waals surface area (Å²) in [6, 6.07) is 14.9. The summed E-state index contributed by atoms with van der Waals surface area (Å²) >= 11 is 6.15. The third-order valence-corrected chi connectivity index (χ3v) is 5.13. The average Bonchev–Trinajstić information content (AvgIpc) is 3.21. The summed E-state index contributed by atoms with van der Waals surface area (Å²) in [5.74, 6) is 1.51. The van der Waals surface area contributed by atoms with Gasteiger partial charge in [0.15, 0.2) is 5.69 Å². The van der Waals surface area contributed by atoms with E-state index in [9.17, 15) is 13.2 Å². The summed E-state index contributed by atoms with van der Waals surface area (Å²) in [5.41, 5.74) is 0.234. The van der Waals surface area contributed by atoms with Crippen LogP contribution in [0.1, 0.15) is 24.1 Å². The fraction of sp³-hybridized carbons (Fsp3) is 0.208. The van der Waals surface area contributed by atoms with Crippen molar-refractivity contribution < 1.29 is 22.6 Å². The Balaban J connectivity index is 1.43. The van der Waals surface area contributed by atoms with E-state index in [0.29, 0.717) is 12.1 Å². The van der Waals surface area contributed by atoms with Crippen LogP contribution in [-0.4, -0.2) is 16.4 Å². The number of benzene rings is 2. The second-order valence-electron chi connectivity index (χ2n) is 7.16. The molecule has 166 valence electrons. The van der Waals surface area contributed by atoms with E-state index in [2.05, 4.69) is 11.2 Å². The van der Waals surface area contributed by atoms with Gasteiger partial charge in [0.25, 0.3) is 0 Å². The average molecular weight is 461 g/mol. The lowest BCUT2D eigenvalue weighted by Crippen LogP contribution is -2.08. The minimum absolute atomic E-state index is 0.0265. The van der Waals surface area contributed by atoms with Gasteiger partial charge >= 0.3 is 6.18 Å². The normalized spacial score (nSPS) is 13.7. The van der Waals surface area contributed by atoms with Crippen molar-refractivity contribution in [3.8, 4) is 17.3 Å². The Morgan fingerprint density at radius 2 is 1.81 bits per heavy atom. The van der Waals surface area contributed by atoms with Gasteiger partial charge in [-0.05, 0) is 54.8 Å². The summed E-state index contributed by atoms with van der Waals surface area (Å²) in [4.78, 5) is 0. The van der Waals surface area contributed by atoms with Gasteiger partial charge < -0.3 is 9.47 Å². The molecule has 1 heterocycles. The highest BCUT2D eigenvalue weighted by atomic mass is 35.5. The number of alkyl halides is 3. The van der Waals surface area contributed by atoms with Crippen LogP contribution in [0.15, 0.2) is 78.6 Å². The third kappa shape index (κ3) is 5.34. The fourth-order valence-electron chi connectivity index (χ4n) is 3.20.